The van der Waals surface area contributed by atoms with Crippen molar-refractivity contribution in [1.29, 1.82) is 0 Å². The van der Waals surface area contributed by atoms with Crippen LogP contribution in [0.2, 0.25) is 0 Å². The largest absolute Gasteiger partial charge is 0.461 e. The van der Waals surface area contributed by atoms with Gasteiger partial charge in [-0.15, -0.1) is 10.2 Å². The second-order valence-electron chi connectivity index (χ2n) is 6.37. The van der Waals surface area contributed by atoms with Crippen LogP contribution in [0.25, 0.3) is 0 Å². The van der Waals surface area contributed by atoms with Crippen molar-refractivity contribution in [2.75, 3.05) is 5.75 Å². The molecule has 0 spiro atoms. The van der Waals surface area contributed by atoms with Crippen molar-refractivity contribution in [3.63, 3.8) is 0 Å². The quantitative estimate of drug-likeness (QED) is 0.618. The Balaban J connectivity index is 1.86. The third-order valence-corrected chi connectivity index (χ3v) is 5.24. The Labute approximate surface area is 130 Å². The first kappa shape index (κ1) is 16.3. The lowest BCUT2D eigenvalue weighted by molar-refractivity contribution is -0.152. The van der Waals surface area contributed by atoms with Crippen molar-refractivity contribution in [2.24, 2.45) is 24.8 Å². The van der Waals surface area contributed by atoms with Gasteiger partial charge < -0.3 is 9.30 Å². The molecule has 21 heavy (non-hydrogen) atoms. The summed E-state index contributed by atoms with van der Waals surface area (Å²) in [6.45, 7) is 6.68. The van der Waals surface area contributed by atoms with Gasteiger partial charge in [-0.1, -0.05) is 39.0 Å². The molecule has 0 radical (unpaired) electrons. The molecule has 1 aromatic rings. The van der Waals surface area contributed by atoms with Crippen LogP contribution in [-0.4, -0.2) is 32.6 Å². The first-order chi connectivity index (χ1) is 9.97. The van der Waals surface area contributed by atoms with E-state index in [0.717, 1.165) is 18.0 Å². The van der Waals surface area contributed by atoms with Crippen molar-refractivity contribution in [1.82, 2.24) is 14.8 Å². The molecule has 0 bridgehead atoms. The van der Waals surface area contributed by atoms with Crippen LogP contribution in [0.1, 0.15) is 40.0 Å². The molecule has 1 saturated carbocycles. The molecule has 0 N–H and O–H groups in total. The van der Waals surface area contributed by atoms with Gasteiger partial charge in [0.15, 0.2) is 5.16 Å². The minimum atomic E-state index is -0.146. The number of rotatable bonds is 5. The zero-order valence-corrected chi connectivity index (χ0v) is 14.1. The Morgan fingerprint density at radius 1 is 1.52 bits per heavy atom. The number of hydrogen-bond acceptors (Lipinski definition) is 5. The smallest absolute Gasteiger partial charge is 0.316 e. The molecule has 3 atom stereocenters. The minimum Gasteiger partial charge on any atom is -0.461 e. The van der Waals surface area contributed by atoms with Crippen LogP contribution in [-0.2, 0) is 16.6 Å². The maximum absolute atomic E-state index is 12.1. The maximum atomic E-state index is 12.1. The van der Waals surface area contributed by atoms with E-state index in [9.17, 15) is 4.79 Å². The van der Waals surface area contributed by atoms with E-state index in [1.165, 1.54) is 18.2 Å². The van der Waals surface area contributed by atoms with E-state index in [-0.39, 0.29) is 12.1 Å². The maximum Gasteiger partial charge on any atom is 0.316 e. The van der Waals surface area contributed by atoms with Crippen LogP contribution < -0.4 is 0 Å². The van der Waals surface area contributed by atoms with Gasteiger partial charge in [0.25, 0.3) is 0 Å². The third-order valence-electron chi connectivity index (χ3n) is 4.23. The van der Waals surface area contributed by atoms with Crippen LogP contribution in [0.15, 0.2) is 11.5 Å². The fraction of sp³-hybridized carbons (Fsp3) is 0.800. The molecule has 2 rings (SSSR count). The standard InChI is InChI=1S/C15H25N3O2S/c1-10(2)12-6-5-11(3)7-13(12)20-14(19)8-21-15-17-16-9-18(15)4/h9-13H,5-8H2,1-4H3/t11-,12-,13+/m1/s1. The highest BCUT2D eigenvalue weighted by Gasteiger charge is 2.33. The summed E-state index contributed by atoms with van der Waals surface area (Å²) >= 11 is 1.38. The number of carbonyl (C=O) groups is 1. The number of aryl methyl sites for hydroxylation is 1. The van der Waals surface area contributed by atoms with Crippen molar-refractivity contribution in [3.8, 4) is 0 Å². The van der Waals surface area contributed by atoms with Crippen LogP contribution in [0.5, 0.6) is 0 Å². The van der Waals surface area contributed by atoms with Crippen molar-refractivity contribution in [2.45, 2.75) is 51.3 Å². The predicted octanol–water partition coefficient (Wildman–Crippen LogP) is 2.91. The number of ether oxygens (including phenoxy) is 1. The van der Waals surface area contributed by atoms with Gasteiger partial charge in [0.1, 0.15) is 12.4 Å². The highest BCUT2D eigenvalue weighted by molar-refractivity contribution is 7.99. The molecule has 5 nitrogen and oxygen atoms in total. The van der Waals surface area contributed by atoms with E-state index in [1.807, 2.05) is 7.05 Å². The fourth-order valence-corrected chi connectivity index (χ4v) is 3.65. The van der Waals surface area contributed by atoms with E-state index in [0.29, 0.717) is 23.5 Å². The summed E-state index contributed by atoms with van der Waals surface area (Å²) in [5.41, 5.74) is 0. The van der Waals surface area contributed by atoms with Gasteiger partial charge in [-0.25, -0.2) is 0 Å². The lowest BCUT2D eigenvalue weighted by Crippen LogP contribution is -2.36. The number of hydrogen-bond donors (Lipinski definition) is 0. The molecular weight excluding hydrogens is 286 g/mol. The van der Waals surface area contributed by atoms with Crippen LogP contribution in [0.3, 0.4) is 0 Å². The van der Waals surface area contributed by atoms with Crippen molar-refractivity contribution >= 4 is 17.7 Å². The summed E-state index contributed by atoms with van der Waals surface area (Å²) in [5, 5.41) is 8.50. The third kappa shape index (κ3) is 4.46. The molecule has 0 aromatic carbocycles. The van der Waals surface area contributed by atoms with Gasteiger partial charge in [-0.2, -0.15) is 0 Å². The van der Waals surface area contributed by atoms with Gasteiger partial charge in [0, 0.05) is 7.05 Å². The molecule has 1 aliphatic rings. The molecule has 0 amide bonds. The second-order valence-corrected chi connectivity index (χ2v) is 7.31. The second kappa shape index (κ2) is 7.29. The summed E-state index contributed by atoms with van der Waals surface area (Å²) in [5.74, 6) is 1.84. The molecule has 1 fully saturated rings. The van der Waals surface area contributed by atoms with E-state index in [4.69, 9.17) is 4.74 Å². The monoisotopic (exact) mass is 311 g/mol. The summed E-state index contributed by atoms with van der Waals surface area (Å²) < 4.78 is 7.56. The number of esters is 1. The fourth-order valence-electron chi connectivity index (χ4n) is 2.98. The number of thioether (sulfide) groups is 1. The number of aromatic nitrogens is 3. The zero-order chi connectivity index (χ0) is 15.4. The van der Waals surface area contributed by atoms with E-state index >= 15 is 0 Å². The SMILES string of the molecule is CC(C)[C@H]1CC[C@@H](C)C[C@@H]1OC(=O)CSc1nncn1C. The molecule has 1 aromatic heterocycles. The number of carbonyl (C=O) groups excluding carboxylic acids is 1. The Hall–Kier alpha value is -1.04. The van der Waals surface area contributed by atoms with E-state index in [2.05, 4.69) is 31.0 Å². The summed E-state index contributed by atoms with van der Waals surface area (Å²) in [7, 11) is 1.87. The average molecular weight is 311 g/mol. The highest BCUT2D eigenvalue weighted by Crippen LogP contribution is 2.35. The Kier molecular flexibility index (Phi) is 5.67. The van der Waals surface area contributed by atoms with E-state index in [1.54, 1.807) is 10.9 Å². The van der Waals surface area contributed by atoms with E-state index < -0.39 is 0 Å². The summed E-state index contributed by atoms with van der Waals surface area (Å²) in [4.78, 5) is 12.1. The van der Waals surface area contributed by atoms with Crippen LogP contribution >= 0.6 is 11.8 Å². The van der Waals surface area contributed by atoms with Crippen molar-refractivity contribution < 1.29 is 9.53 Å². The lowest BCUT2D eigenvalue weighted by Gasteiger charge is -2.36. The van der Waals surface area contributed by atoms with Gasteiger partial charge >= 0.3 is 5.97 Å². The average Bonchev–Trinajstić information content (AvgIpc) is 2.81. The molecular formula is C15H25N3O2S. The first-order valence-electron chi connectivity index (χ1n) is 7.63. The van der Waals surface area contributed by atoms with Gasteiger partial charge in [0.2, 0.25) is 0 Å². The van der Waals surface area contributed by atoms with Crippen LogP contribution in [0, 0.1) is 17.8 Å². The molecule has 6 heteroatoms. The van der Waals surface area contributed by atoms with Gasteiger partial charge in [-0.05, 0) is 30.6 Å². The normalized spacial score (nSPS) is 26.0. The molecule has 0 saturated heterocycles. The zero-order valence-electron chi connectivity index (χ0n) is 13.3. The Bertz CT molecular complexity index is 475. The summed E-state index contributed by atoms with van der Waals surface area (Å²) in [6.07, 6.45) is 5.09. The molecule has 1 heterocycles. The molecule has 0 unspecified atom stereocenters. The highest BCUT2D eigenvalue weighted by atomic mass is 32.2. The molecule has 118 valence electrons. The Morgan fingerprint density at radius 2 is 2.29 bits per heavy atom. The Morgan fingerprint density at radius 3 is 2.90 bits per heavy atom. The summed E-state index contributed by atoms with van der Waals surface area (Å²) in [6, 6.07) is 0. The van der Waals surface area contributed by atoms with Gasteiger partial charge in [-0.3, -0.25) is 4.79 Å². The molecule has 0 aliphatic heterocycles. The topological polar surface area (TPSA) is 57.0 Å². The first-order valence-corrected chi connectivity index (χ1v) is 8.62. The minimum absolute atomic E-state index is 0.0707. The predicted molar refractivity (Wildman–Crippen MR) is 83.0 cm³/mol. The van der Waals surface area contributed by atoms with Gasteiger partial charge in [0.05, 0.1) is 5.75 Å². The number of nitrogens with zero attached hydrogens (tertiary/aromatic N) is 3. The van der Waals surface area contributed by atoms with Crippen molar-refractivity contribution in [3.05, 3.63) is 6.33 Å². The lowest BCUT2D eigenvalue weighted by atomic mass is 9.75. The van der Waals surface area contributed by atoms with Crippen LogP contribution in [0.4, 0.5) is 0 Å². The molecule has 1 aliphatic carbocycles.